The number of benzene rings is 1. The standard InChI is InChI=1S/C13H13ClN2O2S/c1-10-5-4-8-13(15-10)16-19(17,18)9-11-6-2-3-7-12(11)14/h2-8H,9H2,1H3,(H,15,16). The Hall–Kier alpha value is -1.59. The average Bonchev–Trinajstić information content (AvgIpc) is 2.31. The lowest BCUT2D eigenvalue weighted by Crippen LogP contribution is -2.16. The van der Waals surface area contributed by atoms with Gasteiger partial charge in [-0.3, -0.25) is 4.72 Å². The molecule has 0 unspecified atom stereocenters. The number of hydrogen-bond donors (Lipinski definition) is 1. The van der Waals surface area contributed by atoms with Crippen LogP contribution in [0.2, 0.25) is 5.02 Å². The van der Waals surface area contributed by atoms with Gasteiger partial charge in [-0.25, -0.2) is 13.4 Å². The second-order valence-electron chi connectivity index (χ2n) is 4.12. The van der Waals surface area contributed by atoms with Gasteiger partial charge in [0.05, 0.1) is 5.75 Å². The lowest BCUT2D eigenvalue weighted by atomic mass is 10.2. The van der Waals surface area contributed by atoms with Gasteiger partial charge in [0.25, 0.3) is 0 Å². The van der Waals surface area contributed by atoms with E-state index < -0.39 is 10.0 Å². The van der Waals surface area contributed by atoms with Crippen molar-refractivity contribution in [2.24, 2.45) is 0 Å². The maximum Gasteiger partial charge on any atom is 0.238 e. The van der Waals surface area contributed by atoms with Crippen LogP contribution in [0.25, 0.3) is 0 Å². The molecule has 1 aromatic heterocycles. The molecule has 2 aromatic rings. The molecule has 0 fully saturated rings. The van der Waals surface area contributed by atoms with E-state index in [1.165, 1.54) is 0 Å². The Bertz CT molecular complexity index is 687. The first-order valence-corrected chi connectivity index (χ1v) is 7.67. The molecule has 19 heavy (non-hydrogen) atoms. The third-order valence-corrected chi connectivity index (χ3v) is 4.03. The van der Waals surface area contributed by atoms with E-state index in [-0.39, 0.29) is 5.75 Å². The van der Waals surface area contributed by atoms with Gasteiger partial charge in [-0.1, -0.05) is 35.9 Å². The molecule has 0 aliphatic heterocycles. The van der Waals surface area contributed by atoms with E-state index in [0.29, 0.717) is 16.4 Å². The van der Waals surface area contributed by atoms with Crippen LogP contribution in [0.1, 0.15) is 11.3 Å². The highest BCUT2D eigenvalue weighted by atomic mass is 35.5. The molecule has 1 aromatic carbocycles. The fraction of sp³-hybridized carbons (Fsp3) is 0.154. The van der Waals surface area contributed by atoms with E-state index in [9.17, 15) is 8.42 Å². The molecule has 0 aliphatic rings. The summed E-state index contributed by atoms with van der Waals surface area (Å²) in [5.74, 6) is 0.134. The number of pyridine rings is 1. The van der Waals surface area contributed by atoms with E-state index in [4.69, 9.17) is 11.6 Å². The van der Waals surface area contributed by atoms with Gasteiger partial charge in [0.15, 0.2) is 0 Å². The van der Waals surface area contributed by atoms with Crippen LogP contribution in [-0.4, -0.2) is 13.4 Å². The van der Waals surface area contributed by atoms with Crippen LogP contribution in [0.4, 0.5) is 5.82 Å². The molecule has 0 aliphatic carbocycles. The third kappa shape index (κ3) is 3.94. The van der Waals surface area contributed by atoms with Gasteiger partial charge in [-0.05, 0) is 30.7 Å². The smallest absolute Gasteiger partial charge is 0.238 e. The number of nitrogens with zero attached hydrogens (tertiary/aromatic N) is 1. The molecule has 2 rings (SSSR count). The maximum absolute atomic E-state index is 12.0. The zero-order valence-corrected chi connectivity index (χ0v) is 11.9. The SMILES string of the molecule is Cc1cccc(NS(=O)(=O)Cc2ccccc2Cl)n1. The quantitative estimate of drug-likeness (QED) is 0.943. The lowest BCUT2D eigenvalue weighted by molar-refractivity contribution is 0.600. The molecule has 0 saturated carbocycles. The van der Waals surface area contributed by atoms with Crippen LogP contribution in [0.5, 0.6) is 0 Å². The van der Waals surface area contributed by atoms with Crippen molar-refractivity contribution in [3.63, 3.8) is 0 Å². The van der Waals surface area contributed by atoms with Crippen LogP contribution < -0.4 is 4.72 Å². The topological polar surface area (TPSA) is 59.1 Å². The number of anilines is 1. The number of rotatable bonds is 4. The molecule has 0 amide bonds. The summed E-state index contributed by atoms with van der Waals surface area (Å²) in [7, 11) is -3.52. The van der Waals surface area contributed by atoms with Gasteiger partial charge in [-0.2, -0.15) is 0 Å². The summed E-state index contributed by atoms with van der Waals surface area (Å²) < 4.78 is 26.5. The fourth-order valence-corrected chi connectivity index (χ4v) is 3.06. The number of sulfonamides is 1. The van der Waals surface area contributed by atoms with Crippen molar-refractivity contribution >= 4 is 27.4 Å². The van der Waals surface area contributed by atoms with Crippen LogP contribution in [-0.2, 0) is 15.8 Å². The summed E-state index contributed by atoms with van der Waals surface area (Å²) in [5, 5.41) is 0.435. The molecule has 6 heteroatoms. The largest absolute Gasteiger partial charge is 0.267 e. The molecule has 0 bridgehead atoms. The van der Waals surface area contributed by atoms with Gasteiger partial charge >= 0.3 is 0 Å². The summed E-state index contributed by atoms with van der Waals surface area (Å²) in [4.78, 5) is 4.10. The van der Waals surface area contributed by atoms with Crippen LogP contribution in [0.15, 0.2) is 42.5 Å². The number of aryl methyl sites for hydroxylation is 1. The highest BCUT2D eigenvalue weighted by molar-refractivity contribution is 7.91. The van der Waals surface area contributed by atoms with E-state index in [1.807, 2.05) is 0 Å². The number of nitrogens with one attached hydrogen (secondary N) is 1. The van der Waals surface area contributed by atoms with Crippen molar-refractivity contribution in [3.05, 3.63) is 58.7 Å². The zero-order chi connectivity index (χ0) is 13.9. The predicted molar refractivity (Wildman–Crippen MR) is 76.7 cm³/mol. The van der Waals surface area contributed by atoms with Crippen molar-refractivity contribution in [2.75, 3.05) is 4.72 Å². The molecular formula is C13H13ClN2O2S. The molecule has 0 radical (unpaired) electrons. The minimum absolute atomic E-state index is 0.178. The van der Waals surface area contributed by atoms with E-state index >= 15 is 0 Å². The van der Waals surface area contributed by atoms with Crippen molar-refractivity contribution in [1.82, 2.24) is 4.98 Å². The number of halogens is 1. The van der Waals surface area contributed by atoms with Crippen LogP contribution >= 0.6 is 11.6 Å². The van der Waals surface area contributed by atoms with E-state index in [2.05, 4.69) is 9.71 Å². The van der Waals surface area contributed by atoms with Crippen molar-refractivity contribution in [2.45, 2.75) is 12.7 Å². The Morgan fingerprint density at radius 3 is 2.58 bits per heavy atom. The van der Waals surface area contributed by atoms with Crippen LogP contribution in [0, 0.1) is 6.92 Å². The molecule has 1 N–H and O–H groups in total. The molecule has 4 nitrogen and oxygen atoms in total. The molecular weight excluding hydrogens is 284 g/mol. The van der Waals surface area contributed by atoms with Crippen molar-refractivity contribution in [1.29, 1.82) is 0 Å². The Labute approximate surface area is 117 Å². The molecule has 0 spiro atoms. The second kappa shape index (κ2) is 5.59. The molecule has 0 saturated heterocycles. The Balaban J connectivity index is 2.18. The lowest BCUT2D eigenvalue weighted by Gasteiger charge is -2.08. The first kappa shape index (κ1) is 13.8. The monoisotopic (exact) mass is 296 g/mol. The predicted octanol–water partition coefficient (Wildman–Crippen LogP) is 2.99. The Morgan fingerprint density at radius 1 is 1.16 bits per heavy atom. The van der Waals surface area contributed by atoms with Gasteiger partial charge in [0, 0.05) is 10.7 Å². The summed E-state index contributed by atoms with van der Waals surface area (Å²) in [6, 6.07) is 12.0. The van der Waals surface area contributed by atoms with E-state index in [0.717, 1.165) is 5.69 Å². The second-order valence-corrected chi connectivity index (χ2v) is 6.25. The van der Waals surface area contributed by atoms with Gasteiger partial charge in [0.2, 0.25) is 10.0 Å². The van der Waals surface area contributed by atoms with Crippen molar-refractivity contribution in [3.8, 4) is 0 Å². The van der Waals surface area contributed by atoms with E-state index in [1.54, 1.807) is 49.4 Å². The molecule has 0 atom stereocenters. The fourth-order valence-electron chi connectivity index (χ4n) is 1.62. The first-order chi connectivity index (χ1) is 8.96. The average molecular weight is 297 g/mol. The summed E-state index contributed by atoms with van der Waals surface area (Å²) in [5.41, 5.74) is 1.31. The van der Waals surface area contributed by atoms with Gasteiger partial charge < -0.3 is 0 Å². The minimum Gasteiger partial charge on any atom is -0.267 e. The maximum atomic E-state index is 12.0. The molecule has 1 heterocycles. The highest BCUT2D eigenvalue weighted by Gasteiger charge is 2.14. The summed E-state index contributed by atoms with van der Waals surface area (Å²) in [6.07, 6.45) is 0. The summed E-state index contributed by atoms with van der Waals surface area (Å²) in [6.45, 7) is 1.80. The van der Waals surface area contributed by atoms with Crippen LogP contribution in [0.3, 0.4) is 0 Å². The Morgan fingerprint density at radius 2 is 1.89 bits per heavy atom. The third-order valence-electron chi connectivity index (χ3n) is 2.45. The normalized spacial score (nSPS) is 11.3. The number of aromatic nitrogens is 1. The van der Waals surface area contributed by atoms with Gasteiger partial charge in [0.1, 0.15) is 5.82 Å². The number of hydrogen-bond acceptors (Lipinski definition) is 3. The highest BCUT2D eigenvalue weighted by Crippen LogP contribution is 2.18. The summed E-state index contributed by atoms with van der Waals surface area (Å²) >= 11 is 5.95. The van der Waals surface area contributed by atoms with Gasteiger partial charge in [-0.15, -0.1) is 0 Å². The Kier molecular flexibility index (Phi) is 4.07. The van der Waals surface area contributed by atoms with Crippen molar-refractivity contribution < 1.29 is 8.42 Å². The molecule has 100 valence electrons. The minimum atomic E-state index is -3.52. The first-order valence-electron chi connectivity index (χ1n) is 5.64. The zero-order valence-electron chi connectivity index (χ0n) is 10.3.